The summed E-state index contributed by atoms with van der Waals surface area (Å²) in [4.78, 5) is 37.3. The first-order valence-corrected chi connectivity index (χ1v) is 11.5. The van der Waals surface area contributed by atoms with E-state index in [1.165, 1.54) is 0 Å². The summed E-state index contributed by atoms with van der Waals surface area (Å²) in [5.41, 5.74) is 1.27. The minimum absolute atomic E-state index is 0.0741. The SMILES string of the molecule is CCCCOc1c(CNC(=O)O)n(CC(C)C)c(=O)c2ccc(NC(=O)c3ccccc3)cc12. The summed E-state index contributed by atoms with van der Waals surface area (Å²) in [5.74, 6) is 0.342. The predicted molar refractivity (Wildman–Crippen MR) is 133 cm³/mol. The quantitative estimate of drug-likeness (QED) is 0.371. The number of pyridine rings is 1. The zero-order valence-electron chi connectivity index (χ0n) is 19.8. The van der Waals surface area contributed by atoms with Gasteiger partial charge in [0.05, 0.1) is 24.2 Å². The van der Waals surface area contributed by atoms with Crippen LogP contribution in [0.4, 0.5) is 10.5 Å². The standard InChI is InChI=1S/C26H31N3O5/c1-4-5-13-34-23-21-14-19(28-24(30)18-9-7-6-8-10-18)11-12-20(21)25(31)29(16-17(2)3)22(23)15-27-26(32)33/h6-12,14,17,27H,4-5,13,15-16H2,1-3H3,(H,28,30)(H,32,33). The molecule has 0 fully saturated rings. The van der Waals surface area contributed by atoms with Crippen molar-refractivity contribution in [3.63, 3.8) is 0 Å². The first kappa shape index (κ1) is 24.8. The third-order valence-corrected chi connectivity index (χ3v) is 5.32. The highest BCUT2D eigenvalue weighted by Gasteiger charge is 2.20. The number of hydrogen-bond acceptors (Lipinski definition) is 4. The van der Waals surface area contributed by atoms with Crippen molar-refractivity contribution in [1.29, 1.82) is 0 Å². The van der Waals surface area contributed by atoms with Gasteiger partial charge in [-0.05, 0) is 42.7 Å². The van der Waals surface area contributed by atoms with E-state index in [9.17, 15) is 19.5 Å². The van der Waals surface area contributed by atoms with Crippen molar-refractivity contribution in [1.82, 2.24) is 9.88 Å². The van der Waals surface area contributed by atoms with Crippen molar-refractivity contribution >= 4 is 28.5 Å². The molecule has 0 saturated heterocycles. The number of hydrogen-bond donors (Lipinski definition) is 3. The number of amides is 2. The molecule has 3 aromatic rings. The van der Waals surface area contributed by atoms with Crippen molar-refractivity contribution in [2.45, 2.75) is 46.7 Å². The molecule has 8 heteroatoms. The first-order chi connectivity index (χ1) is 16.3. The van der Waals surface area contributed by atoms with Crippen LogP contribution < -0.4 is 20.9 Å². The van der Waals surface area contributed by atoms with Crippen LogP contribution in [0.15, 0.2) is 53.3 Å². The van der Waals surface area contributed by atoms with E-state index in [1.807, 2.05) is 26.8 Å². The summed E-state index contributed by atoms with van der Waals surface area (Å²) in [6.45, 7) is 6.80. The van der Waals surface area contributed by atoms with E-state index >= 15 is 0 Å². The number of aromatic nitrogens is 1. The minimum atomic E-state index is -1.19. The van der Waals surface area contributed by atoms with Gasteiger partial charge >= 0.3 is 6.09 Å². The molecule has 2 aromatic carbocycles. The molecule has 8 nitrogen and oxygen atoms in total. The lowest BCUT2D eigenvalue weighted by Gasteiger charge is -2.21. The molecular formula is C26H31N3O5. The Morgan fingerprint density at radius 3 is 2.47 bits per heavy atom. The van der Waals surface area contributed by atoms with Crippen molar-refractivity contribution in [3.8, 4) is 5.75 Å². The van der Waals surface area contributed by atoms with E-state index in [0.717, 1.165) is 12.8 Å². The van der Waals surface area contributed by atoms with Crippen molar-refractivity contribution < 1.29 is 19.4 Å². The molecule has 0 atom stereocenters. The van der Waals surface area contributed by atoms with Gasteiger partial charge in [0, 0.05) is 23.2 Å². The van der Waals surface area contributed by atoms with Gasteiger partial charge in [0.2, 0.25) is 0 Å². The predicted octanol–water partition coefficient (Wildman–Crippen LogP) is 4.86. The number of anilines is 1. The van der Waals surface area contributed by atoms with Gasteiger partial charge in [0.15, 0.2) is 0 Å². The molecule has 2 amide bonds. The van der Waals surface area contributed by atoms with Crippen LogP contribution in [0, 0.1) is 5.92 Å². The van der Waals surface area contributed by atoms with Gasteiger partial charge in [-0.1, -0.05) is 45.4 Å². The van der Waals surface area contributed by atoms with Crippen LogP contribution in [0.5, 0.6) is 5.75 Å². The lowest BCUT2D eigenvalue weighted by Crippen LogP contribution is -2.31. The average molecular weight is 466 g/mol. The Morgan fingerprint density at radius 1 is 1.09 bits per heavy atom. The van der Waals surface area contributed by atoms with Gasteiger partial charge in [0.25, 0.3) is 11.5 Å². The molecule has 0 aliphatic carbocycles. The van der Waals surface area contributed by atoms with Gasteiger partial charge < -0.3 is 25.0 Å². The summed E-state index contributed by atoms with van der Waals surface area (Å²) >= 11 is 0. The van der Waals surface area contributed by atoms with Crippen LogP contribution in [-0.4, -0.2) is 28.3 Å². The number of rotatable bonds is 10. The van der Waals surface area contributed by atoms with E-state index in [1.54, 1.807) is 47.0 Å². The number of benzene rings is 2. The molecule has 0 unspecified atom stereocenters. The summed E-state index contributed by atoms with van der Waals surface area (Å²) in [5, 5.41) is 15.4. The number of unbranched alkanes of at least 4 members (excludes halogenated alkanes) is 1. The summed E-state index contributed by atoms with van der Waals surface area (Å²) < 4.78 is 7.73. The highest BCUT2D eigenvalue weighted by Crippen LogP contribution is 2.31. The van der Waals surface area contributed by atoms with Crippen LogP contribution in [0.25, 0.3) is 10.8 Å². The average Bonchev–Trinajstić information content (AvgIpc) is 2.81. The molecule has 180 valence electrons. The summed E-state index contributed by atoms with van der Waals surface area (Å²) in [6.07, 6.45) is 0.540. The molecule has 0 spiro atoms. The largest absolute Gasteiger partial charge is 0.491 e. The smallest absolute Gasteiger partial charge is 0.404 e. The monoisotopic (exact) mass is 465 g/mol. The fourth-order valence-corrected chi connectivity index (χ4v) is 3.71. The topological polar surface area (TPSA) is 110 Å². The van der Waals surface area contributed by atoms with Gasteiger partial charge in [-0.15, -0.1) is 0 Å². The molecule has 0 aliphatic heterocycles. The van der Waals surface area contributed by atoms with E-state index in [-0.39, 0.29) is 23.9 Å². The summed E-state index contributed by atoms with van der Waals surface area (Å²) in [6, 6.07) is 13.9. The Labute approximate surface area is 198 Å². The Kier molecular flexibility index (Phi) is 8.29. The normalized spacial score (nSPS) is 10.9. The number of nitrogens with zero attached hydrogens (tertiary/aromatic N) is 1. The Morgan fingerprint density at radius 2 is 1.82 bits per heavy atom. The lowest BCUT2D eigenvalue weighted by molar-refractivity contribution is 0.102. The second-order valence-electron chi connectivity index (χ2n) is 8.53. The Hall–Kier alpha value is -3.81. The number of carbonyl (C=O) groups excluding carboxylic acids is 1. The molecular weight excluding hydrogens is 434 g/mol. The van der Waals surface area contributed by atoms with E-state index in [0.29, 0.717) is 46.6 Å². The molecule has 1 heterocycles. The fraction of sp³-hybridized carbons (Fsp3) is 0.346. The second kappa shape index (κ2) is 11.4. The van der Waals surface area contributed by atoms with E-state index < -0.39 is 6.09 Å². The van der Waals surface area contributed by atoms with Crippen molar-refractivity contribution in [3.05, 3.63) is 70.1 Å². The zero-order chi connectivity index (χ0) is 24.7. The Bertz CT molecular complexity index is 1220. The molecule has 34 heavy (non-hydrogen) atoms. The maximum Gasteiger partial charge on any atom is 0.404 e. The minimum Gasteiger partial charge on any atom is -0.491 e. The zero-order valence-corrected chi connectivity index (χ0v) is 19.8. The number of nitrogens with one attached hydrogen (secondary N) is 2. The highest BCUT2D eigenvalue weighted by atomic mass is 16.5. The molecule has 3 rings (SSSR count). The van der Waals surface area contributed by atoms with Gasteiger partial charge in [0.1, 0.15) is 5.75 Å². The van der Waals surface area contributed by atoms with Gasteiger partial charge in [-0.2, -0.15) is 0 Å². The number of ether oxygens (including phenoxy) is 1. The van der Waals surface area contributed by atoms with Gasteiger partial charge in [-0.3, -0.25) is 9.59 Å². The third-order valence-electron chi connectivity index (χ3n) is 5.32. The second-order valence-corrected chi connectivity index (χ2v) is 8.53. The molecule has 0 radical (unpaired) electrons. The molecule has 1 aromatic heterocycles. The van der Waals surface area contributed by atoms with Crippen LogP contribution in [0.2, 0.25) is 0 Å². The fourth-order valence-electron chi connectivity index (χ4n) is 3.71. The van der Waals surface area contributed by atoms with Crippen LogP contribution in [0.3, 0.4) is 0 Å². The maximum atomic E-state index is 13.4. The lowest BCUT2D eigenvalue weighted by atomic mass is 10.1. The summed E-state index contributed by atoms with van der Waals surface area (Å²) in [7, 11) is 0. The first-order valence-electron chi connectivity index (χ1n) is 11.5. The third kappa shape index (κ3) is 5.95. The van der Waals surface area contributed by atoms with Crippen LogP contribution >= 0.6 is 0 Å². The Balaban J connectivity index is 2.15. The van der Waals surface area contributed by atoms with E-state index in [2.05, 4.69) is 10.6 Å². The molecule has 3 N–H and O–H groups in total. The van der Waals surface area contributed by atoms with Crippen LogP contribution in [-0.2, 0) is 13.1 Å². The molecule has 0 aliphatic rings. The van der Waals surface area contributed by atoms with Crippen LogP contribution in [0.1, 0.15) is 49.7 Å². The van der Waals surface area contributed by atoms with E-state index in [4.69, 9.17) is 4.74 Å². The highest BCUT2D eigenvalue weighted by molar-refractivity contribution is 6.05. The number of carboxylic acid groups (broad SMARTS) is 1. The maximum absolute atomic E-state index is 13.4. The molecule has 0 saturated carbocycles. The number of fused-ring (bicyclic) bond motifs is 1. The number of carbonyl (C=O) groups is 2. The van der Waals surface area contributed by atoms with Crippen molar-refractivity contribution in [2.75, 3.05) is 11.9 Å². The molecule has 0 bridgehead atoms. The van der Waals surface area contributed by atoms with Gasteiger partial charge in [-0.25, -0.2) is 4.79 Å². The van der Waals surface area contributed by atoms with Crippen molar-refractivity contribution in [2.24, 2.45) is 5.92 Å².